The molecule has 2 N–H and O–H groups in total. The predicted molar refractivity (Wildman–Crippen MR) is 205 cm³/mol. The highest BCUT2D eigenvalue weighted by Gasteiger charge is 2.37. The van der Waals surface area contributed by atoms with Crippen LogP contribution in [0.4, 0.5) is 5.69 Å². The van der Waals surface area contributed by atoms with E-state index in [9.17, 15) is 9.59 Å². The molecule has 0 radical (unpaired) electrons. The minimum Gasteiger partial charge on any atom is -0.413 e. The summed E-state index contributed by atoms with van der Waals surface area (Å²) in [6, 6.07) is 12.7. The molecule has 262 valence electrons. The van der Waals surface area contributed by atoms with Crippen LogP contribution in [-0.2, 0) is 20.6 Å². The Morgan fingerprint density at radius 2 is 1.78 bits per heavy atom. The molecule has 2 aromatic heterocycles. The Morgan fingerprint density at radius 1 is 1.06 bits per heavy atom. The van der Waals surface area contributed by atoms with Gasteiger partial charge in [-0.05, 0) is 87.3 Å². The SMILES string of the molecule is CC#Cc1ccc(NC(=O)CCNC(=O)C[C@@H]2N=C(c3ccc(Cl)cc3)c3c(sc(C)c3C)-n3c(C)nnc32)cc1CO[Si](C)(C)C(C)(C)C. The smallest absolute Gasteiger partial charge is 0.226 e. The van der Waals surface area contributed by atoms with Crippen LogP contribution >= 0.6 is 22.9 Å². The number of nitrogens with zero attached hydrogens (tertiary/aromatic N) is 4. The zero-order valence-electron chi connectivity index (χ0n) is 30.2. The summed E-state index contributed by atoms with van der Waals surface area (Å²) in [6.45, 7) is 19.5. The fraction of sp³-hybridized carbons (Fsp3) is 0.395. The van der Waals surface area contributed by atoms with Crippen molar-refractivity contribution in [1.82, 2.24) is 20.1 Å². The number of aliphatic imine (C=N–C) groups is 1. The maximum Gasteiger partial charge on any atom is 0.226 e. The topological polar surface area (TPSA) is 111 Å². The summed E-state index contributed by atoms with van der Waals surface area (Å²) in [5.74, 6) is 7.00. The molecule has 0 saturated heterocycles. The number of hydrogen-bond donors (Lipinski definition) is 2. The van der Waals surface area contributed by atoms with Gasteiger partial charge in [-0.2, -0.15) is 0 Å². The molecule has 50 heavy (non-hydrogen) atoms. The van der Waals surface area contributed by atoms with Crippen molar-refractivity contribution in [2.75, 3.05) is 11.9 Å². The lowest BCUT2D eigenvalue weighted by Crippen LogP contribution is -2.40. The van der Waals surface area contributed by atoms with Gasteiger partial charge in [0.2, 0.25) is 11.8 Å². The van der Waals surface area contributed by atoms with E-state index in [0.717, 1.165) is 44.4 Å². The lowest BCUT2D eigenvalue weighted by Gasteiger charge is -2.36. The van der Waals surface area contributed by atoms with E-state index in [-0.39, 0.29) is 36.2 Å². The molecule has 3 heterocycles. The largest absolute Gasteiger partial charge is 0.413 e. The number of halogens is 1. The standard InChI is InChI=1S/C38H45ClN6O3SSi/c1-10-11-26-14-17-30(20-28(26)22-48-50(8,9)38(5,6)7)41-32(46)18-19-40-33(47)21-31-36-44-43-25(4)45(36)37-34(23(2)24(3)49-37)35(42-31)27-12-15-29(39)16-13-27/h12-17,20,31H,18-19,21-22H2,1-9H3,(H,40,47)(H,41,46)/t31-/m0/s1. The summed E-state index contributed by atoms with van der Waals surface area (Å²) in [5.41, 5.74) is 6.28. The van der Waals surface area contributed by atoms with Crippen LogP contribution in [0.5, 0.6) is 0 Å². The molecular formula is C38H45ClN6O3SSi. The van der Waals surface area contributed by atoms with Crippen molar-refractivity contribution >= 4 is 54.5 Å². The number of hydrogen-bond acceptors (Lipinski definition) is 7. The second-order valence-electron chi connectivity index (χ2n) is 14.1. The van der Waals surface area contributed by atoms with Crippen molar-refractivity contribution in [3.63, 3.8) is 0 Å². The third-order valence-electron chi connectivity index (χ3n) is 9.45. The Bertz CT molecular complexity index is 2010. The van der Waals surface area contributed by atoms with Crippen LogP contribution in [0.2, 0.25) is 23.2 Å². The van der Waals surface area contributed by atoms with Gasteiger partial charge in [-0.3, -0.25) is 19.1 Å². The molecule has 2 amide bonds. The van der Waals surface area contributed by atoms with Gasteiger partial charge in [-0.1, -0.05) is 50.4 Å². The first-order valence-electron chi connectivity index (χ1n) is 16.7. The van der Waals surface area contributed by atoms with Crippen LogP contribution in [0.3, 0.4) is 0 Å². The molecule has 2 aromatic carbocycles. The average molecular weight is 729 g/mol. The number of nitrogens with one attached hydrogen (secondary N) is 2. The number of aromatic nitrogens is 3. The highest BCUT2D eigenvalue weighted by atomic mass is 35.5. The highest BCUT2D eigenvalue weighted by Crippen LogP contribution is 2.40. The van der Waals surface area contributed by atoms with Crippen LogP contribution in [0.15, 0.2) is 47.5 Å². The average Bonchev–Trinajstić information content (AvgIpc) is 3.52. The quantitative estimate of drug-likeness (QED) is 0.126. The number of amides is 2. The molecule has 9 nitrogen and oxygen atoms in total. The maximum atomic E-state index is 13.4. The molecule has 0 aliphatic carbocycles. The molecule has 0 unspecified atom stereocenters. The number of anilines is 1. The molecule has 1 aliphatic heterocycles. The van der Waals surface area contributed by atoms with E-state index >= 15 is 0 Å². The number of thiophene rings is 1. The fourth-order valence-corrected chi connectivity index (χ4v) is 7.73. The Kier molecular flexibility index (Phi) is 11.2. The van der Waals surface area contributed by atoms with E-state index in [2.05, 4.69) is 80.4 Å². The molecule has 1 aliphatic rings. The maximum absolute atomic E-state index is 13.4. The number of rotatable bonds is 10. The van der Waals surface area contributed by atoms with Gasteiger partial charge >= 0.3 is 0 Å². The van der Waals surface area contributed by atoms with Crippen molar-refractivity contribution < 1.29 is 14.0 Å². The molecule has 0 fully saturated rings. The van der Waals surface area contributed by atoms with Crippen molar-refractivity contribution in [2.24, 2.45) is 4.99 Å². The molecule has 0 spiro atoms. The van der Waals surface area contributed by atoms with Gasteiger partial charge in [0.25, 0.3) is 0 Å². The summed E-state index contributed by atoms with van der Waals surface area (Å²) >= 11 is 7.88. The zero-order chi connectivity index (χ0) is 36.4. The van der Waals surface area contributed by atoms with E-state index in [0.29, 0.717) is 23.1 Å². The van der Waals surface area contributed by atoms with Gasteiger partial charge in [-0.25, -0.2) is 0 Å². The first-order chi connectivity index (χ1) is 23.6. The van der Waals surface area contributed by atoms with E-state index in [1.54, 1.807) is 18.3 Å². The van der Waals surface area contributed by atoms with E-state index in [4.69, 9.17) is 21.0 Å². The fourth-order valence-electron chi connectivity index (χ4n) is 5.44. The molecular weight excluding hydrogens is 684 g/mol. The molecule has 4 aromatic rings. The van der Waals surface area contributed by atoms with Gasteiger partial charge in [0.05, 0.1) is 18.7 Å². The highest BCUT2D eigenvalue weighted by molar-refractivity contribution is 7.15. The van der Waals surface area contributed by atoms with Crippen LogP contribution in [0.25, 0.3) is 5.00 Å². The Balaban J connectivity index is 1.27. The van der Waals surface area contributed by atoms with Crippen molar-refractivity contribution in [2.45, 2.75) is 92.1 Å². The van der Waals surface area contributed by atoms with Crippen LogP contribution < -0.4 is 10.6 Å². The summed E-state index contributed by atoms with van der Waals surface area (Å²) in [5, 5.41) is 16.4. The normalized spacial score (nSPS) is 14.1. The number of carbonyl (C=O) groups excluding carboxylic acids is 2. The van der Waals surface area contributed by atoms with Gasteiger partial charge in [-0.15, -0.1) is 27.5 Å². The molecule has 0 bridgehead atoms. The first kappa shape index (κ1) is 37.2. The summed E-state index contributed by atoms with van der Waals surface area (Å²) < 4.78 is 8.47. The number of carbonyl (C=O) groups is 2. The van der Waals surface area contributed by atoms with Crippen molar-refractivity contribution in [1.29, 1.82) is 0 Å². The second kappa shape index (κ2) is 15.0. The van der Waals surface area contributed by atoms with Gasteiger partial charge < -0.3 is 15.1 Å². The molecule has 0 saturated carbocycles. The Hall–Kier alpha value is -4.08. The second-order valence-corrected chi connectivity index (χ2v) is 20.5. The number of aryl methyl sites for hydroxylation is 2. The monoisotopic (exact) mass is 728 g/mol. The van der Waals surface area contributed by atoms with Crippen LogP contribution in [0, 0.1) is 32.6 Å². The minimum absolute atomic E-state index is 0.0430. The van der Waals surface area contributed by atoms with Crippen LogP contribution in [-0.4, -0.2) is 47.2 Å². The summed E-state index contributed by atoms with van der Waals surface area (Å²) in [4.78, 5) is 32.7. The summed E-state index contributed by atoms with van der Waals surface area (Å²) in [6.07, 6.45) is 0.147. The van der Waals surface area contributed by atoms with Gasteiger partial charge in [0.1, 0.15) is 16.9 Å². The summed E-state index contributed by atoms with van der Waals surface area (Å²) in [7, 11) is -1.99. The lowest BCUT2D eigenvalue weighted by atomic mass is 9.99. The Labute approximate surface area is 305 Å². The van der Waals surface area contributed by atoms with E-state index < -0.39 is 14.4 Å². The predicted octanol–water partition coefficient (Wildman–Crippen LogP) is 8.23. The molecule has 5 rings (SSSR count). The third-order valence-corrected chi connectivity index (χ3v) is 15.4. The van der Waals surface area contributed by atoms with Crippen molar-refractivity contribution in [3.8, 4) is 16.8 Å². The number of benzene rings is 2. The minimum atomic E-state index is -1.99. The third kappa shape index (κ3) is 8.10. The first-order valence-corrected chi connectivity index (χ1v) is 20.8. The van der Waals surface area contributed by atoms with E-state index in [1.807, 2.05) is 54.0 Å². The molecule has 1 atom stereocenters. The van der Waals surface area contributed by atoms with Gasteiger partial charge in [0.15, 0.2) is 14.1 Å². The van der Waals surface area contributed by atoms with Crippen LogP contribution in [0.1, 0.15) is 90.9 Å². The number of fused-ring (bicyclic) bond motifs is 3. The lowest BCUT2D eigenvalue weighted by molar-refractivity contribution is -0.121. The van der Waals surface area contributed by atoms with Crippen molar-refractivity contribution in [3.05, 3.63) is 91.8 Å². The Morgan fingerprint density at radius 3 is 2.46 bits per heavy atom. The van der Waals surface area contributed by atoms with Gasteiger partial charge in [0, 0.05) is 45.2 Å². The molecule has 12 heteroatoms. The zero-order valence-corrected chi connectivity index (χ0v) is 32.8. The van der Waals surface area contributed by atoms with E-state index in [1.165, 1.54) is 4.88 Å².